The van der Waals surface area contributed by atoms with Gasteiger partial charge in [-0.05, 0) is 35.4 Å². The molecule has 0 atom stereocenters. The molecule has 0 saturated carbocycles. The average molecular weight is 402 g/mol. The molecule has 1 aromatic heterocycles. The summed E-state index contributed by atoms with van der Waals surface area (Å²) in [6.07, 6.45) is 0.429. The number of nitrogens with zero attached hydrogens (tertiary/aromatic N) is 1. The van der Waals surface area contributed by atoms with Crippen LogP contribution in [0.5, 0.6) is 0 Å². The minimum absolute atomic E-state index is 0.0303. The van der Waals surface area contributed by atoms with E-state index < -0.39 is 11.7 Å². The van der Waals surface area contributed by atoms with Gasteiger partial charge < -0.3 is 16.0 Å². The number of nitrogens with two attached hydrogens (primary N) is 1. The highest BCUT2D eigenvalue weighted by molar-refractivity contribution is 6.04. The van der Waals surface area contributed by atoms with Gasteiger partial charge in [-0.1, -0.05) is 43.3 Å². The topological polar surface area (TPSA) is 101 Å². The van der Waals surface area contributed by atoms with Gasteiger partial charge in [0.25, 0.3) is 5.91 Å². The lowest BCUT2D eigenvalue weighted by molar-refractivity contribution is -0.115. The fourth-order valence-electron chi connectivity index (χ4n) is 3.22. The maximum absolute atomic E-state index is 13.7. The van der Waals surface area contributed by atoms with E-state index in [1.807, 2.05) is 48.5 Å². The number of amides is 2. The van der Waals surface area contributed by atoms with E-state index in [2.05, 4.69) is 15.3 Å². The van der Waals surface area contributed by atoms with Gasteiger partial charge in [-0.2, -0.15) is 0 Å². The predicted octanol–water partition coefficient (Wildman–Crippen LogP) is 4.48. The Morgan fingerprint density at radius 2 is 1.60 bits per heavy atom. The summed E-state index contributed by atoms with van der Waals surface area (Å²) in [7, 11) is 0. The van der Waals surface area contributed by atoms with Crippen LogP contribution in [0.4, 0.5) is 10.1 Å². The van der Waals surface area contributed by atoms with Gasteiger partial charge >= 0.3 is 0 Å². The molecule has 0 aliphatic heterocycles. The van der Waals surface area contributed by atoms with Crippen LogP contribution in [0.2, 0.25) is 0 Å². The van der Waals surface area contributed by atoms with Gasteiger partial charge in [0, 0.05) is 17.7 Å². The van der Waals surface area contributed by atoms with Crippen molar-refractivity contribution in [3.8, 4) is 22.5 Å². The molecule has 1 heterocycles. The first-order valence-corrected chi connectivity index (χ1v) is 9.44. The molecule has 150 valence electrons. The second-order valence-electron chi connectivity index (χ2n) is 6.86. The summed E-state index contributed by atoms with van der Waals surface area (Å²) in [5.74, 6) is -0.800. The number of halogens is 1. The van der Waals surface area contributed by atoms with E-state index >= 15 is 0 Å². The number of rotatable bonds is 5. The second kappa shape index (κ2) is 7.79. The van der Waals surface area contributed by atoms with Crippen LogP contribution in [-0.2, 0) is 4.79 Å². The number of aromatic nitrogens is 2. The van der Waals surface area contributed by atoms with Crippen molar-refractivity contribution in [3.05, 3.63) is 72.0 Å². The maximum Gasteiger partial charge on any atom is 0.251 e. The molecule has 0 aliphatic carbocycles. The Bertz CT molecular complexity index is 1240. The summed E-state index contributed by atoms with van der Waals surface area (Å²) < 4.78 is 13.7. The summed E-state index contributed by atoms with van der Waals surface area (Å²) in [6.45, 7) is 1.80. The van der Waals surface area contributed by atoms with Gasteiger partial charge in [0.1, 0.15) is 17.2 Å². The van der Waals surface area contributed by atoms with Crippen LogP contribution in [0.15, 0.2) is 60.7 Å². The average Bonchev–Trinajstić information content (AvgIpc) is 3.17. The third kappa shape index (κ3) is 3.77. The molecular formula is C23H19FN4O2. The summed E-state index contributed by atoms with van der Waals surface area (Å²) in [5, 5.41) is 2.82. The Kier molecular flexibility index (Phi) is 5.02. The second-order valence-corrected chi connectivity index (χ2v) is 6.86. The molecule has 0 bridgehead atoms. The van der Waals surface area contributed by atoms with Crippen LogP contribution in [0, 0.1) is 5.82 Å². The van der Waals surface area contributed by atoms with Crippen molar-refractivity contribution in [2.24, 2.45) is 5.73 Å². The van der Waals surface area contributed by atoms with Gasteiger partial charge in [-0.3, -0.25) is 9.59 Å². The number of nitrogens with one attached hydrogen (secondary N) is 2. The maximum atomic E-state index is 13.7. The predicted molar refractivity (Wildman–Crippen MR) is 114 cm³/mol. The first kappa shape index (κ1) is 19.3. The van der Waals surface area contributed by atoms with Gasteiger partial charge in [0.05, 0.1) is 11.1 Å². The Hall–Kier alpha value is -4.00. The molecule has 0 saturated heterocycles. The molecule has 3 aromatic carbocycles. The van der Waals surface area contributed by atoms with Crippen molar-refractivity contribution >= 4 is 28.5 Å². The van der Waals surface area contributed by atoms with E-state index in [0.29, 0.717) is 23.3 Å². The molecule has 7 heteroatoms. The summed E-state index contributed by atoms with van der Waals surface area (Å²) in [5.41, 5.74) is 9.67. The van der Waals surface area contributed by atoms with Crippen molar-refractivity contribution in [1.29, 1.82) is 0 Å². The SMILES string of the molecule is CCC(=O)Nc1ccc(-c2ccc(-c3nc4c(C(N)=O)cc(F)cc4[nH]3)cc2)cc1. The van der Waals surface area contributed by atoms with Crippen LogP contribution in [-0.4, -0.2) is 21.8 Å². The number of aromatic amines is 1. The monoisotopic (exact) mass is 402 g/mol. The molecule has 0 fully saturated rings. The quantitative estimate of drug-likeness (QED) is 0.459. The van der Waals surface area contributed by atoms with E-state index in [4.69, 9.17) is 5.73 Å². The highest BCUT2D eigenvalue weighted by atomic mass is 19.1. The minimum atomic E-state index is -0.730. The largest absolute Gasteiger partial charge is 0.366 e. The summed E-state index contributed by atoms with van der Waals surface area (Å²) in [6, 6.07) is 17.6. The third-order valence-electron chi connectivity index (χ3n) is 4.80. The van der Waals surface area contributed by atoms with Crippen molar-refractivity contribution in [2.75, 3.05) is 5.32 Å². The van der Waals surface area contributed by atoms with Crippen molar-refractivity contribution in [2.45, 2.75) is 13.3 Å². The number of carbonyl (C=O) groups excluding carboxylic acids is 2. The normalized spacial score (nSPS) is 10.9. The Morgan fingerprint density at radius 1 is 1.00 bits per heavy atom. The zero-order valence-corrected chi connectivity index (χ0v) is 16.2. The summed E-state index contributed by atoms with van der Waals surface area (Å²) >= 11 is 0. The van der Waals surface area contributed by atoms with Crippen LogP contribution < -0.4 is 11.1 Å². The zero-order chi connectivity index (χ0) is 21.3. The van der Waals surface area contributed by atoms with Crippen LogP contribution >= 0.6 is 0 Å². The lowest BCUT2D eigenvalue weighted by atomic mass is 10.0. The number of fused-ring (bicyclic) bond motifs is 1. The first-order valence-electron chi connectivity index (χ1n) is 9.44. The molecule has 0 spiro atoms. The van der Waals surface area contributed by atoms with E-state index in [1.165, 1.54) is 6.07 Å². The van der Waals surface area contributed by atoms with E-state index in [9.17, 15) is 14.0 Å². The van der Waals surface area contributed by atoms with Gasteiger partial charge in [0.2, 0.25) is 5.91 Å². The minimum Gasteiger partial charge on any atom is -0.366 e. The Labute approximate surface area is 171 Å². The molecule has 6 nitrogen and oxygen atoms in total. The lowest BCUT2D eigenvalue weighted by Gasteiger charge is -2.06. The number of imidazole rings is 1. The van der Waals surface area contributed by atoms with Gasteiger partial charge in [-0.25, -0.2) is 9.37 Å². The lowest BCUT2D eigenvalue weighted by Crippen LogP contribution is -2.11. The molecule has 4 aromatic rings. The highest BCUT2D eigenvalue weighted by Gasteiger charge is 2.14. The van der Waals surface area contributed by atoms with E-state index in [1.54, 1.807) is 6.92 Å². The number of hydrogen-bond acceptors (Lipinski definition) is 3. The molecule has 0 radical (unpaired) electrons. The first-order chi connectivity index (χ1) is 14.4. The van der Waals surface area contributed by atoms with Crippen molar-refractivity contribution < 1.29 is 14.0 Å². The van der Waals surface area contributed by atoms with Crippen molar-refractivity contribution in [3.63, 3.8) is 0 Å². The molecule has 4 rings (SSSR count). The number of carbonyl (C=O) groups is 2. The van der Waals surface area contributed by atoms with Gasteiger partial charge in [0.15, 0.2) is 0 Å². The fraction of sp³-hybridized carbons (Fsp3) is 0.0870. The molecule has 30 heavy (non-hydrogen) atoms. The molecule has 0 aliphatic rings. The Morgan fingerprint density at radius 3 is 2.20 bits per heavy atom. The highest BCUT2D eigenvalue weighted by Crippen LogP contribution is 2.27. The van der Waals surface area contributed by atoms with Crippen LogP contribution in [0.1, 0.15) is 23.7 Å². The molecular weight excluding hydrogens is 383 g/mol. The number of H-pyrrole nitrogens is 1. The zero-order valence-electron chi connectivity index (χ0n) is 16.2. The third-order valence-corrected chi connectivity index (χ3v) is 4.80. The van der Waals surface area contributed by atoms with Crippen LogP contribution in [0.25, 0.3) is 33.5 Å². The van der Waals surface area contributed by atoms with E-state index in [-0.39, 0.29) is 11.5 Å². The number of benzene rings is 3. The van der Waals surface area contributed by atoms with Crippen molar-refractivity contribution in [1.82, 2.24) is 9.97 Å². The van der Waals surface area contributed by atoms with Gasteiger partial charge in [-0.15, -0.1) is 0 Å². The molecule has 0 unspecified atom stereocenters. The standard InChI is InChI=1S/C23H19FN4O2/c1-2-20(29)26-17-9-7-14(8-10-17)13-3-5-15(6-4-13)23-27-19-12-16(24)11-18(22(25)30)21(19)28-23/h3-12H,2H2,1H3,(H2,25,30)(H,26,29)(H,27,28). The fourth-order valence-corrected chi connectivity index (χ4v) is 3.22. The van der Waals surface area contributed by atoms with Crippen LogP contribution in [0.3, 0.4) is 0 Å². The smallest absolute Gasteiger partial charge is 0.251 e. The Balaban J connectivity index is 1.61. The number of hydrogen-bond donors (Lipinski definition) is 3. The molecule has 2 amide bonds. The van der Waals surface area contributed by atoms with E-state index in [0.717, 1.165) is 28.4 Å². The molecule has 4 N–H and O–H groups in total. The number of anilines is 1. The number of primary amides is 1. The summed E-state index contributed by atoms with van der Waals surface area (Å²) in [4.78, 5) is 30.5.